The van der Waals surface area contributed by atoms with Crippen LogP contribution in [-0.4, -0.2) is 59.3 Å². The van der Waals surface area contributed by atoms with Crippen molar-refractivity contribution in [3.8, 4) is 0 Å². The summed E-state index contributed by atoms with van der Waals surface area (Å²) < 4.78 is 0. The van der Waals surface area contributed by atoms with Crippen LogP contribution in [0.2, 0.25) is 0 Å². The normalized spacial score (nSPS) is 30.7. The summed E-state index contributed by atoms with van der Waals surface area (Å²) >= 11 is 0. The van der Waals surface area contributed by atoms with Crippen LogP contribution in [0.1, 0.15) is 30.9 Å². The van der Waals surface area contributed by atoms with Crippen LogP contribution in [0, 0.1) is 0 Å². The maximum atomic E-state index is 9.40. The van der Waals surface area contributed by atoms with Crippen molar-refractivity contribution in [2.75, 3.05) is 32.1 Å². The van der Waals surface area contributed by atoms with Crippen LogP contribution >= 0.6 is 0 Å². The third kappa shape index (κ3) is 2.58. The summed E-state index contributed by atoms with van der Waals surface area (Å²) in [5, 5.41) is 9.40. The molecule has 2 heterocycles. The first-order chi connectivity index (χ1) is 9.13. The number of aliphatic hydroxyl groups excluding tert-OH is 1. The molecule has 3 rings (SSSR count). The summed E-state index contributed by atoms with van der Waals surface area (Å²) in [7, 11) is 4.27. The van der Waals surface area contributed by atoms with Gasteiger partial charge in [-0.1, -0.05) is 0 Å². The Labute approximate surface area is 114 Å². The van der Waals surface area contributed by atoms with Gasteiger partial charge in [-0.05, 0) is 33.4 Å². The fourth-order valence-electron chi connectivity index (χ4n) is 2.96. The van der Waals surface area contributed by atoms with E-state index < -0.39 is 0 Å². The Morgan fingerprint density at radius 2 is 2.11 bits per heavy atom. The van der Waals surface area contributed by atoms with Crippen molar-refractivity contribution in [2.45, 2.75) is 37.3 Å². The largest absolute Gasteiger partial charge is 0.393 e. The number of hydrogen-bond acceptors (Lipinski definition) is 5. The molecule has 0 bridgehead atoms. The standard InChI is InChI=1S/C14H22N4O/c1-17(2)11-3-4-18(8-11)14-7-13(15-9-16-14)10-5-12(19)6-10/h7,9-12,19H,3-6,8H2,1-2H3/t10?,11-,12?/m0/s1. The number of hydrogen-bond donors (Lipinski definition) is 1. The average Bonchev–Trinajstić information content (AvgIpc) is 2.85. The molecule has 5 nitrogen and oxygen atoms in total. The Morgan fingerprint density at radius 1 is 1.32 bits per heavy atom. The minimum Gasteiger partial charge on any atom is -0.393 e. The van der Waals surface area contributed by atoms with Gasteiger partial charge in [0.15, 0.2) is 0 Å². The van der Waals surface area contributed by atoms with E-state index in [2.05, 4.69) is 39.9 Å². The van der Waals surface area contributed by atoms with Gasteiger partial charge in [0.25, 0.3) is 0 Å². The zero-order valence-electron chi connectivity index (χ0n) is 11.7. The zero-order valence-corrected chi connectivity index (χ0v) is 11.7. The van der Waals surface area contributed by atoms with Crippen LogP contribution in [0.3, 0.4) is 0 Å². The first kappa shape index (κ1) is 12.8. The maximum absolute atomic E-state index is 9.40. The van der Waals surface area contributed by atoms with E-state index >= 15 is 0 Å². The fraction of sp³-hybridized carbons (Fsp3) is 0.714. The minimum atomic E-state index is -0.131. The molecule has 5 heteroatoms. The predicted molar refractivity (Wildman–Crippen MR) is 74.3 cm³/mol. The second kappa shape index (κ2) is 5.06. The van der Waals surface area contributed by atoms with Gasteiger partial charge < -0.3 is 14.9 Å². The number of aromatic nitrogens is 2. The molecule has 0 radical (unpaired) electrons. The average molecular weight is 262 g/mol. The smallest absolute Gasteiger partial charge is 0.132 e. The van der Waals surface area contributed by atoms with Crippen molar-refractivity contribution in [3.05, 3.63) is 18.1 Å². The first-order valence-corrected chi connectivity index (χ1v) is 7.05. The van der Waals surface area contributed by atoms with Gasteiger partial charge in [-0.15, -0.1) is 0 Å². The van der Waals surface area contributed by atoms with Gasteiger partial charge in [-0.25, -0.2) is 9.97 Å². The van der Waals surface area contributed by atoms with Crippen LogP contribution in [0.25, 0.3) is 0 Å². The molecule has 1 N–H and O–H groups in total. The van der Waals surface area contributed by atoms with Crippen molar-refractivity contribution in [2.24, 2.45) is 0 Å². The Bertz CT molecular complexity index is 445. The molecular formula is C14H22N4O. The molecule has 1 saturated carbocycles. The molecule has 1 atom stereocenters. The predicted octanol–water partition coefficient (Wildman–Crippen LogP) is 0.855. The summed E-state index contributed by atoms with van der Waals surface area (Å²) in [6, 6.07) is 2.72. The summed E-state index contributed by atoms with van der Waals surface area (Å²) in [6.45, 7) is 2.10. The fourth-order valence-corrected chi connectivity index (χ4v) is 2.96. The molecule has 1 saturated heterocycles. The summed E-state index contributed by atoms with van der Waals surface area (Å²) in [4.78, 5) is 13.4. The molecule has 104 valence electrons. The second-order valence-electron chi connectivity index (χ2n) is 5.98. The van der Waals surface area contributed by atoms with Crippen LogP contribution in [0.15, 0.2) is 12.4 Å². The number of anilines is 1. The van der Waals surface area contributed by atoms with E-state index in [1.165, 1.54) is 6.42 Å². The molecule has 0 aromatic carbocycles. The van der Waals surface area contributed by atoms with Crippen LogP contribution < -0.4 is 4.90 Å². The van der Waals surface area contributed by atoms with Crippen LogP contribution in [-0.2, 0) is 0 Å². The second-order valence-corrected chi connectivity index (χ2v) is 5.98. The van der Waals surface area contributed by atoms with Gasteiger partial charge in [0.05, 0.1) is 6.10 Å². The highest BCUT2D eigenvalue weighted by Gasteiger charge is 2.31. The van der Waals surface area contributed by atoms with E-state index in [1.54, 1.807) is 6.33 Å². The van der Waals surface area contributed by atoms with Gasteiger partial charge in [-0.2, -0.15) is 0 Å². The third-order valence-corrected chi connectivity index (χ3v) is 4.42. The van der Waals surface area contributed by atoms with Crippen LogP contribution in [0.4, 0.5) is 5.82 Å². The van der Waals surface area contributed by atoms with Gasteiger partial charge in [0, 0.05) is 36.8 Å². The Kier molecular flexibility index (Phi) is 3.41. The molecule has 2 fully saturated rings. The van der Waals surface area contributed by atoms with Gasteiger partial charge in [0.1, 0.15) is 12.1 Å². The zero-order chi connectivity index (χ0) is 13.4. The van der Waals surface area contributed by atoms with Crippen molar-refractivity contribution >= 4 is 5.82 Å². The Morgan fingerprint density at radius 3 is 2.74 bits per heavy atom. The highest BCUT2D eigenvalue weighted by molar-refractivity contribution is 5.41. The Balaban J connectivity index is 1.70. The number of likely N-dealkylation sites (N-methyl/N-ethyl adjacent to an activating group) is 1. The maximum Gasteiger partial charge on any atom is 0.132 e. The minimum absolute atomic E-state index is 0.131. The van der Waals surface area contributed by atoms with E-state index in [1.807, 2.05) is 0 Å². The quantitative estimate of drug-likeness (QED) is 0.875. The van der Waals surface area contributed by atoms with E-state index in [4.69, 9.17) is 0 Å². The summed E-state index contributed by atoms with van der Waals surface area (Å²) in [6.07, 6.45) is 4.41. The van der Waals surface area contributed by atoms with Crippen molar-refractivity contribution in [1.29, 1.82) is 0 Å². The van der Waals surface area contributed by atoms with Gasteiger partial charge >= 0.3 is 0 Å². The highest BCUT2D eigenvalue weighted by Crippen LogP contribution is 2.36. The number of nitrogens with zero attached hydrogens (tertiary/aromatic N) is 4. The van der Waals surface area contributed by atoms with E-state index in [0.717, 1.165) is 37.4 Å². The molecule has 1 aliphatic carbocycles. The van der Waals surface area contributed by atoms with E-state index in [9.17, 15) is 5.11 Å². The lowest BCUT2D eigenvalue weighted by Crippen LogP contribution is -2.32. The van der Waals surface area contributed by atoms with Crippen molar-refractivity contribution in [3.63, 3.8) is 0 Å². The van der Waals surface area contributed by atoms with Crippen molar-refractivity contribution in [1.82, 2.24) is 14.9 Å². The molecule has 1 aromatic heterocycles. The SMILES string of the molecule is CN(C)[C@H]1CCN(c2cc(C3CC(O)C3)ncn2)C1. The summed E-state index contributed by atoms with van der Waals surface area (Å²) in [5.41, 5.74) is 1.09. The lowest BCUT2D eigenvalue weighted by atomic mass is 9.80. The molecule has 19 heavy (non-hydrogen) atoms. The van der Waals surface area contributed by atoms with Crippen LogP contribution in [0.5, 0.6) is 0 Å². The van der Waals surface area contributed by atoms with E-state index in [0.29, 0.717) is 12.0 Å². The lowest BCUT2D eigenvalue weighted by molar-refractivity contribution is 0.0732. The van der Waals surface area contributed by atoms with E-state index in [-0.39, 0.29) is 6.10 Å². The molecule has 1 aliphatic heterocycles. The van der Waals surface area contributed by atoms with Gasteiger partial charge in [-0.3, -0.25) is 0 Å². The third-order valence-electron chi connectivity index (χ3n) is 4.42. The molecule has 1 aromatic rings. The Hall–Kier alpha value is -1.20. The topological polar surface area (TPSA) is 52.5 Å². The lowest BCUT2D eigenvalue weighted by Gasteiger charge is -2.31. The number of aliphatic hydroxyl groups is 1. The van der Waals surface area contributed by atoms with Crippen molar-refractivity contribution < 1.29 is 5.11 Å². The summed E-state index contributed by atoms with van der Waals surface area (Å²) in [5.74, 6) is 1.46. The molecule has 0 amide bonds. The molecular weight excluding hydrogens is 240 g/mol. The first-order valence-electron chi connectivity index (χ1n) is 7.05. The highest BCUT2D eigenvalue weighted by atomic mass is 16.3. The number of rotatable bonds is 3. The van der Waals surface area contributed by atoms with Gasteiger partial charge in [0.2, 0.25) is 0 Å². The molecule has 2 aliphatic rings. The molecule has 0 unspecified atom stereocenters. The molecule has 0 spiro atoms. The monoisotopic (exact) mass is 262 g/mol.